The van der Waals surface area contributed by atoms with Crippen molar-refractivity contribution >= 4 is 0 Å². The van der Waals surface area contributed by atoms with E-state index >= 15 is 0 Å². The molecule has 0 atom stereocenters. The first-order chi connectivity index (χ1) is 6.61. The third-order valence-electron chi connectivity index (χ3n) is 2.85. The fourth-order valence-corrected chi connectivity index (χ4v) is 1.69. The molecule has 3 N–H and O–H groups in total. The van der Waals surface area contributed by atoms with E-state index in [-0.39, 0.29) is 6.54 Å². The van der Waals surface area contributed by atoms with Gasteiger partial charge in [-0.05, 0) is 25.7 Å². The first-order valence-corrected chi connectivity index (χ1v) is 4.71. The summed E-state index contributed by atoms with van der Waals surface area (Å²) in [6.07, 6.45) is 3.02. The Bertz CT molecular complexity index is 396. The molecule has 0 saturated heterocycles. The summed E-state index contributed by atoms with van der Waals surface area (Å²) in [6.45, 7) is 0.272. The highest BCUT2D eigenvalue weighted by Gasteiger charge is 2.33. The molecule has 1 fully saturated rings. The molecule has 1 aromatic heterocycles. The largest absolute Gasteiger partial charge is 0.390 e. The number of hydrogen-bond acceptors (Lipinski definition) is 3. The third kappa shape index (κ3) is 1.52. The first-order valence-electron chi connectivity index (χ1n) is 4.71. The average Bonchev–Trinajstić information content (AvgIpc) is 2.41. The molecular formula is C8H13N3O3. The summed E-state index contributed by atoms with van der Waals surface area (Å²) in [7, 11) is 0. The number of nitrogens with zero attached hydrogens (tertiary/aromatic N) is 1. The van der Waals surface area contributed by atoms with Gasteiger partial charge in [-0.15, -0.1) is 0 Å². The van der Waals surface area contributed by atoms with Crippen LogP contribution < -0.4 is 11.4 Å². The van der Waals surface area contributed by atoms with Crippen molar-refractivity contribution in [1.82, 2.24) is 14.8 Å². The number of nitrogens with one attached hydrogen (secondary N) is 2. The summed E-state index contributed by atoms with van der Waals surface area (Å²) in [5.41, 5.74) is -1.54. The molecule has 0 aliphatic heterocycles. The monoisotopic (exact) mass is 199 g/mol. The fraction of sp³-hybridized carbons (Fsp3) is 0.750. The van der Waals surface area contributed by atoms with Crippen molar-refractivity contribution < 1.29 is 5.11 Å². The van der Waals surface area contributed by atoms with E-state index in [9.17, 15) is 14.7 Å². The van der Waals surface area contributed by atoms with Crippen molar-refractivity contribution in [3.8, 4) is 0 Å². The first kappa shape index (κ1) is 9.26. The second kappa shape index (κ2) is 3.13. The Hall–Kier alpha value is -1.30. The smallest absolute Gasteiger partial charge is 0.344 e. The Labute approximate surface area is 79.6 Å². The van der Waals surface area contributed by atoms with Crippen LogP contribution in [0.4, 0.5) is 0 Å². The zero-order chi connectivity index (χ0) is 10.2. The quantitative estimate of drug-likeness (QED) is 0.593. The Kier molecular flexibility index (Phi) is 2.07. The van der Waals surface area contributed by atoms with Gasteiger partial charge in [-0.2, -0.15) is 0 Å². The lowest BCUT2D eigenvalue weighted by molar-refractivity contribution is -0.0435. The second-order valence-electron chi connectivity index (χ2n) is 3.84. The molecule has 1 aliphatic rings. The van der Waals surface area contributed by atoms with E-state index in [4.69, 9.17) is 0 Å². The number of aromatic nitrogens is 3. The van der Waals surface area contributed by atoms with E-state index in [1.54, 1.807) is 0 Å². The molecule has 14 heavy (non-hydrogen) atoms. The Balaban J connectivity index is 2.05. The van der Waals surface area contributed by atoms with Gasteiger partial charge in [-0.1, -0.05) is 0 Å². The molecule has 0 radical (unpaired) electrons. The van der Waals surface area contributed by atoms with Crippen LogP contribution in [-0.4, -0.2) is 25.5 Å². The summed E-state index contributed by atoms with van der Waals surface area (Å²) in [6, 6.07) is 0. The van der Waals surface area contributed by atoms with Crippen LogP contribution in [0, 0.1) is 0 Å². The van der Waals surface area contributed by atoms with Crippen molar-refractivity contribution in [2.75, 3.05) is 0 Å². The fourth-order valence-electron chi connectivity index (χ4n) is 1.69. The Morgan fingerprint density at radius 3 is 2.29 bits per heavy atom. The molecule has 1 aromatic rings. The van der Waals surface area contributed by atoms with Crippen LogP contribution in [0.5, 0.6) is 0 Å². The highest BCUT2D eigenvalue weighted by atomic mass is 16.3. The second-order valence-corrected chi connectivity index (χ2v) is 3.84. The van der Waals surface area contributed by atoms with Gasteiger partial charge in [0.05, 0.1) is 5.60 Å². The maximum atomic E-state index is 11.1. The maximum Gasteiger partial charge on any atom is 0.344 e. The van der Waals surface area contributed by atoms with Gasteiger partial charge >= 0.3 is 11.4 Å². The van der Waals surface area contributed by atoms with Gasteiger partial charge in [0.25, 0.3) is 0 Å². The van der Waals surface area contributed by atoms with E-state index in [0.29, 0.717) is 6.42 Å². The standard InChI is InChI=1S/C8H13N3O3/c12-6-9-10-7(13)11(6)5-4-8(14)2-1-3-8/h14H,1-5H2,(H,9,12)(H,10,13). The molecule has 1 saturated carbocycles. The van der Waals surface area contributed by atoms with Gasteiger partial charge in [0.15, 0.2) is 0 Å². The van der Waals surface area contributed by atoms with Crippen LogP contribution in [0.3, 0.4) is 0 Å². The Morgan fingerprint density at radius 1 is 1.29 bits per heavy atom. The summed E-state index contributed by atoms with van der Waals surface area (Å²) < 4.78 is 1.07. The lowest BCUT2D eigenvalue weighted by atomic mass is 9.78. The van der Waals surface area contributed by atoms with Gasteiger partial charge in [-0.25, -0.2) is 24.4 Å². The molecule has 78 valence electrons. The van der Waals surface area contributed by atoms with Gasteiger partial charge in [0, 0.05) is 6.54 Å². The third-order valence-corrected chi connectivity index (χ3v) is 2.85. The number of hydrogen-bond donors (Lipinski definition) is 3. The maximum absolute atomic E-state index is 11.1. The van der Waals surface area contributed by atoms with E-state index in [2.05, 4.69) is 10.2 Å². The van der Waals surface area contributed by atoms with Crippen LogP contribution in [-0.2, 0) is 6.54 Å². The molecule has 0 aromatic carbocycles. The van der Waals surface area contributed by atoms with Crippen molar-refractivity contribution in [1.29, 1.82) is 0 Å². The van der Waals surface area contributed by atoms with Gasteiger partial charge in [-0.3, -0.25) is 0 Å². The van der Waals surface area contributed by atoms with E-state index in [1.165, 1.54) is 0 Å². The lowest BCUT2D eigenvalue weighted by Crippen LogP contribution is -2.39. The molecule has 0 amide bonds. The van der Waals surface area contributed by atoms with Crippen molar-refractivity contribution in [2.24, 2.45) is 0 Å². The van der Waals surface area contributed by atoms with Gasteiger partial charge in [0.2, 0.25) is 0 Å². The Morgan fingerprint density at radius 2 is 1.86 bits per heavy atom. The van der Waals surface area contributed by atoms with Gasteiger partial charge < -0.3 is 5.11 Å². The highest BCUT2D eigenvalue weighted by molar-refractivity contribution is 4.87. The van der Waals surface area contributed by atoms with Gasteiger partial charge in [0.1, 0.15) is 0 Å². The van der Waals surface area contributed by atoms with Crippen LogP contribution >= 0.6 is 0 Å². The van der Waals surface area contributed by atoms with E-state index < -0.39 is 17.0 Å². The minimum absolute atomic E-state index is 0.272. The average molecular weight is 199 g/mol. The molecule has 1 aliphatic carbocycles. The molecule has 0 unspecified atom stereocenters. The summed E-state index contributed by atoms with van der Waals surface area (Å²) in [5.74, 6) is 0. The van der Waals surface area contributed by atoms with E-state index in [1.807, 2.05) is 0 Å². The van der Waals surface area contributed by atoms with Crippen LogP contribution in [0.15, 0.2) is 9.59 Å². The molecule has 1 heterocycles. The SMILES string of the molecule is O=c1[nH][nH]c(=O)n1CCC1(O)CCC1. The number of aromatic amines is 2. The minimum Gasteiger partial charge on any atom is -0.390 e. The van der Waals surface area contributed by atoms with Crippen molar-refractivity contribution in [2.45, 2.75) is 37.8 Å². The van der Waals surface area contributed by atoms with Crippen LogP contribution in [0.2, 0.25) is 0 Å². The molecular weight excluding hydrogens is 186 g/mol. The number of aliphatic hydroxyl groups is 1. The topological polar surface area (TPSA) is 90.9 Å². The van der Waals surface area contributed by atoms with Crippen molar-refractivity contribution in [3.63, 3.8) is 0 Å². The molecule has 2 rings (SSSR count). The lowest BCUT2D eigenvalue weighted by Gasteiger charge is -2.36. The molecule has 0 spiro atoms. The predicted octanol–water partition coefficient (Wildman–Crippen LogP) is -0.830. The summed E-state index contributed by atoms with van der Waals surface area (Å²) >= 11 is 0. The predicted molar refractivity (Wildman–Crippen MR) is 49.1 cm³/mol. The minimum atomic E-state index is -0.650. The van der Waals surface area contributed by atoms with E-state index in [0.717, 1.165) is 23.8 Å². The summed E-state index contributed by atoms with van der Waals surface area (Å²) in [5, 5.41) is 14.1. The zero-order valence-corrected chi connectivity index (χ0v) is 7.75. The molecule has 6 nitrogen and oxygen atoms in total. The molecule has 0 bridgehead atoms. The normalized spacial score (nSPS) is 19.2. The zero-order valence-electron chi connectivity index (χ0n) is 7.75. The highest BCUT2D eigenvalue weighted by Crippen LogP contribution is 2.34. The number of rotatable bonds is 3. The molecule has 6 heteroatoms. The number of H-pyrrole nitrogens is 2. The van der Waals surface area contributed by atoms with Crippen LogP contribution in [0.1, 0.15) is 25.7 Å². The summed E-state index contributed by atoms with van der Waals surface area (Å²) in [4.78, 5) is 22.1. The van der Waals surface area contributed by atoms with Crippen molar-refractivity contribution in [3.05, 3.63) is 21.0 Å². The van der Waals surface area contributed by atoms with Crippen LogP contribution in [0.25, 0.3) is 0 Å².